The van der Waals surface area contributed by atoms with Crippen LogP contribution < -0.4 is 15.0 Å². The van der Waals surface area contributed by atoms with Gasteiger partial charge in [0.25, 0.3) is 5.91 Å². The first-order chi connectivity index (χ1) is 14.0. The van der Waals surface area contributed by atoms with Crippen molar-refractivity contribution in [2.75, 3.05) is 20.8 Å². The van der Waals surface area contributed by atoms with E-state index in [2.05, 4.69) is 11.5 Å². The van der Waals surface area contributed by atoms with Crippen LogP contribution in [0, 0.1) is 13.8 Å². The van der Waals surface area contributed by atoms with E-state index in [1.807, 2.05) is 38.1 Å². The molecule has 152 valence electrons. The molecular weight excluding hydrogens is 370 g/mol. The molecule has 1 N–H and O–H groups in total. The summed E-state index contributed by atoms with van der Waals surface area (Å²) in [6.07, 6.45) is 0. The smallest absolute Gasteiger partial charge is 0.293 e. The summed E-state index contributed by atoms with van der Waals surface area (Å²) in [5.41, 5.74) is 7.12. The summed E-state index contributed by atoms with van der Waals surface area (Å²) >= 11 is 0. The molecule has 1 amide bonds. The fraction of sp³-hybridized carbons (Fsp3) is 0.273. The number of carbonyl (C=O) groups is 1. The Balaban J connectivity index is 2.16. The number of hydrogen-bond acceptors (Lipinski definition) is 5. The van der Waals surface area contributed by atoms with Crippen molar-refractivity contribution < 1.29 is 19.1 Å². The zero-order valence-electron chi connectivity index (χ0n) is 17.3. The summed E-state index contributed by atoms with van der Waals surface area (Å²) in [5.74, 6) is 0.901. The van der Waals surface area contributed by atoms with Crippen LogP contribution in [-0.4, -0.2) is 36.5 Å². The number of nitrogens with zero attached hydrogens (tertiary/aromatic N) is 2. The van der Waals surface area contributed by atoms with E-state index in [9.17, 15) is 4.79 Å². The molecule has 0 aliphatic heterocycles. The highest BCUT2D eigenvalue weighted by Gasteiger charge is 2.21. The Labute approximate surface area is 170 Å². The number of nitrogens with one attached hydrogen (secondary N) is 1. The van der Waals surface area contributed by atoms with E-state index in [4.69, 9.17) is 19.4 Å². The average Bonchev–Trinajstić information content (AvgIpc) is 3.16. The number of carbonyl (C=O) groups excluding carboxylic acids is 1. The largest absolute Gasteiger partial charge is 0.497 e. The molecule has 0 spiro atoms. The Bertz CT molecular complexity index is 1030. The topological polar surface area (TPSA) is 74.6 Å². The quantitative estimate of drug-likeness (QED) is 0.615. The summed E-state index contributed by atoms with van der Waals surface area (Å²) in [6.45, 7) is 6.18. The van der Waals surface area contributed by atoms with Gasteiger partial charge in [-0.05, 0) is 50.6 Å². The van der Waals surface area contributed by atoms with E-state index in [-0.39, 0.29) is 5.91 Å². The lowest BCUT2D eigenvalue weighted by atomic mass is 10.1. The lowest BCUT2D eigenvalue weighted by Gasteiger charge is -2.11. The third kappa shape index (κ3) is 4.25. The van der Waals surface area contributed by atoms with Crippen LogP contribution >= 0.6 is 0 Å². The Kier molecular flexibility index (Phi) is 6.19. The van der Waals surface area contributed by atoms with Gasteiger partial charge in [0.2, 0.25) is 0 Å². The summed E-state index contributed by atoms with van der Waals surface area (Å²) in [4.78, 5) is 17.8. The van der Waals surface area contributed by atoms with Crippen LogP contribution in [0.25, 0.3) is 16.9 Å². The van der Waals surface area contributed by atoms with Gasteiger partial charge in [-0.1, -0.05) is 17.7 Å². The number of ether oxygens (including phenoxy) is 2. The molecule has 0 atom stereocenters. The molecule has 1 heterocycles. The number of aromatic nitrogens is 2. The van der Waals surface area contributed by atoms with Gasteiger partial charge in [0, 0.05) is 11.6 Å². The van der Waals surface area contributed by atoms with Crippen LogP contribution in [0.2, 0.25) is 0 Å². The van der Waals surface area contributed by atoms with Gasteiger partial charge in [0.1, 0.15) is 17.2 Å². The number of amides is 1. The van der Waals surface area contributed by atoms with Gasteiger partial charge in [-0.15, -0.1) is 0 Å². The summed E-state index contributed by atoms with van der Waals surface area (Å²) in [5, 5.41) is 4.71. The molecule has 0 aliphatic carbocycles. The summed E-state index contributed by atoms with van der Waals surface area (Å²) in [6, 6.07) is 13.2. The van der Waals surface area contributed by atoms with E-state index >= 15 is 0 Å². The molecule has 0 radical (unpaired) electrons. The molecule has 0 unspecified atom stereocenters. The van der Waals surface area contributed by atoms with Gasteiger partial charge < -0.3 is 9.47 Å². The van der Waals surface area contributed by atoms with Crippen molar-refractivity contribution in [2.24, 2.45) is 0 Å². The van der Waals surface area contributed by atoms with Crippen LogP contribution in [0.5, 0.6) is 11.5 Å². The minimum atomic E-state index is -0.377. The van der Waals surface area contributed by atoms with Crippen LogP contribution in [0.4, 0.5) is 0 Å². The predicted octanol–water partition coefficient (Wildman–Crippen LogP) is 3.85. The lowest BCUT2D eigenvalue weighted by molar-refractivity contribution is 0.0357. The fourth-order valence-electron chi connectivity index (χ4n) is 3.10. The molecule has 3 rings (SSSR count). The highest BCUT2D eigenvalue weighted by molar-refractivity contribution is 5.94. The molecule has 0 fully saturated rings. The van der Waals surface area contributed by atoms with Gasteiger partial charge in [0.15, 0.2) is 0 Å². The van der Waals surface area contributed by atoms with Gasteiger partial charge in [-0.25, -0.2) is 10.2 Å². The number of hydrogen-bond donors (Lipinski definition) is 1. The Morgan fingerprint density at radius 3 is 2.52 bits per heavy atom. The van der Waals surface area contributed by atoms with Crippen molar-refractivity contribution >= 4 is 5.91 Å². The van der Waals surface area contributed by atoms with E-state index in [1.54, 1.807) is 38.0 Å². The number of methoxy groups -OCH3 is 2. The second-order valence-electron chi connectivity index (χ2n) is 6.55. The molecule has 2 aromatic carbocycles. The van der Waals surface area contributed by atoms with E-state index in [1.165, 1.54) is 0 Å². The Morgan fingerprint density at radius 1 is 1.07 bits per heavy atom. The molecule has 0 saturated carbocycles. The maximum Gasteiger partial charge on any atom is 0.293 e. The van der Waals surface area contributed by atoms with Gasteiger partial charge in [-0.3, -0.25) is 9.63 Å². The first-order valence-corrected chi connectivity index (χ1v) is 9.30. The lowest BCUT2D eigenvalue weighted by Crippen LogP contribution is -2.26. The predicted molar refractivity (Wildman–Crippen MR) is 111 cm³/mol. The molecule has 7 nitrogen and oxygen atoms in total. The minimum absolute atomic E-state index is 0.360. The third-order valence-electron chi connectivity index (χ3n) is 4.52. The SMILES string of the molecule is CCONC(=O)c1cc(-c2ccc(OC)cc2OC)nn1-c1ccc(C)cc1C. The van der Waals surface area contributed by atoms with Crippen molar-refractivity contribution in [3.05, 3.63) is 59.3 Å². The van der Waals surface area contributed by atoms with Crippen LogP contribution in [0.3, 0.4) is 0 Å². The van der Waals surface area contributed by atoms with Crippen molar-refractivity contribution in [2.45, 2.75) is 20.8 Å². The third-order valence-corrected chi connectivity index (χ3v) is 4.52. The Hall–Kier alpha value is -3.32. The molecule has 0 bridgehead atoms. The van der Waals surface area contributed by atoms with Crippen molar-refractivity contribution in [1.82, 2.24) is 15.3 Å². The molecule has 3 aromatic rings. The van der Waals surface area contributed by atoms with Crippen LogP contribution in [0.15, 0.2) is 42.5 Å². The fourth-order valence-corrected chi connectivity index (χ4v) is 3.10. The van der Waals surface area contributed by atoms with Crippen LogP contribution in [0.1, 0.15) is 28.5 Å². The normalized spacial score (nSPS) is 10.7. The number of hydroxylamine groups is 1. The molecule has 29 heavy (non-hydrogen) atoms. The number of aryl methyl sites for hydroxylation is 2. The van der Waals surface area contributed by atoms with Crippen molar-refractivity contribution in [3.63, 3.8) is 0 Å². The first-order valence-electron chi connectivity index (χ1n) is 9.30. The summed E-state index contributed by atoms with van der Waals surface area (Å²) in [7, 11) is 3.18. The number of rotatable bonds is 7. The maximum atomic E-state index is 12.7. The maximum absolute atomic E-state index is 12.7. The zero-order chi connectivity index (χ0) is 21.0. The van der Waals surface area contributed by atoms with Crippen molar-refractivity contribution in [1.29, 1.82) is 0 Å². The van der Waals surface area contributed by atoms with Gasteiger partial charge in [0.05, 0.1) is 32.2 Å². The van der Waals surface area contributed by atoms with Gasteiger partial charge in [-0.2, -0.15) is 5.10 Å². The van der Waals surface area contributed by atoms with Crippen LogP contribution in [-0.2, 0) is 4.84 Å². The minimum Gasteiger partial charge on any atom is -0.497 e. The van der Waals surface area contributed by atoms with E-state index in [0.717, 1.165) is 22.4 Å². The average molecular weight is 395 g/mol. The van der Waals surface area contributed by atoms with E-state index < -0.39 is 0 Å². The highest BCUT2D eigenvalue weighted by atomic mass is 16.6. The molecule has 0 aliphatic rings. The molecule has 7 heteroatoms. The monoisotopic (exact) mass is 395 g/mol. The number of benzene rings is 2. The zero-order valence-corrected chi connectivity index (χ0v) is 17.3. The highest BCUT2D eigenvalue weighted by Crippen LogP contribution is 2.33. The Morgan fingerprint density at radius 2 is 1.86 bits per heavy atom. The van der Waals surface area contributed by atoms with E-state index in [0.29, 0.717) is 29.5 Å². The van der Waals surface area contributed by atoms with Crippen molar-refractivity contribution in [3.8, 4) is 28.4 Å². The standard InChI is InChI=1S/C22H25N3O4/c1-6-29-24-22(26)20-13-18(17-9-8-16(27-4)12-21(17)28-5)23-25(20)19-10-7-14(2)11-15(19)3/h7-13H,6H2,1-5H3,(H,24,26). The summed E-state index contributed by atoms with van der Waals surface area (Å²) < 4.78 is 12.4. The first kappa shape index (κ1) is 20.4. The second-order valence-corrected chi connectivity index (χ2v) is 6.55. The molecular formula is C22H25N3O4. The molecule has 0 saturated heterocycles. The molecule has 1 aromatic heterocycles. The van der Waals surface area contributed by atoms with Gasteiger partial charge >= 0.3 is 0 Å². The second kappa shape index (κ2) is 8.79.